The van der Waals surface area contributed by atoms with Crippen molar-refractivity contribution in [2.24, 2.45) is 0 Å². The van der Waals surface area contributed by atoms with Gasteiger partial charge in [0.1, 0.15) is 0 Å². The highest BCUT2D eigenvalue weighted by Gasteiger charge is 2.36. The number of carbonyl (C=O) groups is 2. The van der Waals surface area contributed by atoms with E-state index >= 15 is 0 Å². The van der Waals surface area contributed by atoms with Crippen molar-refractivity contribution < 1.29 is 19.1 Å². The number of benzene rings is 1. The molecule has 25 heavy (non-hydrogen) atoms. The molecular weight excluding hydrogens is 320 g/mol. The second-order valence-corrected chi connectivity index (χ2v) is 6.46. The first-order valence-corrected chi connectivity index (χ1v) is 8.66. The van der Waals surface area contributed by atoms with Gasteiger partial charge in [0.15, 0.2) is 0 Å². The molecule has 1 spiro atoms. The average Bonchev–Trinajstić information content (AvgIpc) is 2.85. The van der Waals surface area contributed by atoms with Gasteiger partial charge in [0.2, 0.25) is 5.91 Å². The minimum absolute atomic E-state index is 0.00527. The molecule has 2 heterocycles. The monoisotopic (exact) mass is 344 g/mol. The number of hydrogen-bond acceptors (Lipinski definition) is 4. The van der Waals surface area contributed by atoms with Crippen LogP contribution in [-0.2, 0) is 14.3 Å². The Morgan fingerprint density at radius 2 is 1.80 bits per heavy atom. The lowest BCUT2D eigenvalue weighted by molar-refractivity contribution is -0.111. The molecule has 0 radical (unpaired) electrons. The van der Waals surface area contributed by atoms with E-state index in [0.717, 1.165) is 32.5 Å². The maximum absolute atomic E-state index is 12.8. The number of ether oxygens (including phenoxy) is 2. The Labute approximate surface area is 147 Å². The van der Waals surface area contributed by atoms with Crippen LogP contribution in [0.2, 0.25) is 0 Å². The molecule has 0 aliphatic carbocycles. The lowest BCUT2D eigenvalue weighted by Gasteiger charge is -2.35. The van der Waals surface area contributed by atoms with Crippen LogP contribution in [-0.4, -0.2) is 55.2 Å². The topological polar surface area (TPSA) is 67.9 Å². The number of nitrogens with one attached hydrogen (secondary N) is 1. The van der Waals surface area contributed by atoms with Crippen LogP contribution in [0.1, 0.15) is 29.6 Å². The van der Waals surface area contributed by atoms with Crippen LogP contribution in [0.4, 0.5) is 5.69 Å². The third-order valence-electron chi connectivity index (χ3n) is 4.88. The zero-order valence-electron chi connectivity index (χ0n) is 14.3. The van der Waals surface area contributed by atoms with Gasteiger partial charge >= 0.3 is 0 Å². The number of carbonyl (C=O) groups excluding carboxylic acids is 2. The molecule has 2 aliphatic heterocycles. The van der Waals surface area contributed by atoms with Gasteiger partial charge in [0, 0.05) is 37.6 Å². The van der Waals surface area contributed by atoms with E-state index in [2.05, 4.69) is 11.9 Å². The Hall–Kier alpha value is -2.18. The van der Waals surface area contributed by atoms with Crippen molar-refractivity contribution in [3.63, 3.8) is 0 Å². The number of nitrogens with zero attached hydrogens (tertiary/aromatic N) is 1. The summed E-state index contributed by atoms with van der Waals surface area (Å²) in [5, 5.41) is 2.67. The Kier molecular flexibility index (Phi) is 5.50. The number of anilines is 1. The second kappa shape index (κ2) is 7.80. The SMILES string of the molecule is C=CC(=O)Nc1ccc(C(=O)N2CCOC3(CCOCC3)CC2)cc1. The fourth-order valence-corrected chi connectivity index (χ4v) is 3.31. The molecule has 0 aromatic heterocycles. The minimum Gasteiger partial charge on any atom is -0.381 e. The molecule has 2 fully saturated rings. The highest BCUT2D eigenvalue weighted by atomic mass is 16.5. The van der Waals surface area contributed by atoms with Gasteiger partial charge in [-0.3, -0.25) is 9.59 Å². The van der Waals surface area contributed by atoms with Crippen LogP contribution in [0.3, 0.4) is 0 Å². The third kappa shape index (κ3) is 4.27. The second-order valence-electron chi connectivity index (χ2n) is 6.46. The Bertz CT molecular complexity index is 635. The molecule has 0 bridgehead atoms. The predicted molar refractivity (Wildman–Crippen MR) is 94.5 cm³/mol. The fraction of sp³-hybridized carbons (Fsp3) is 0.474. The Morgan fingerprint density at radius 1 is 1.08 bits per heavy atom. The zero-order chi connectivity index (χ0) is 17.7. The van der Waals surface area contributed by atoms with Gasteiger partial charge in [-0.05, 0) is 49.6 Å². The molecule has 2 aliphatic rings. The lowest BCUT2D eigenvalue weighted by Crippen LogP contribution is -2.40. The van der Waals surface area contributed by atoms with Gasteiger partial charge in [-0.2, -0.15) is 0 Å². The van der Waals surface area contributed by atoms with Gasteiger partial charge in [-0.25, -0.2) is 0 Å². The van der Waals surface area contributed by atoms with Crippen LogP contribution < -0.4 is 5.32 Å². The first-order valence-electron chi connectivity index (χ1n) is 8.66. The summed E-state index contributed by atoms with van der Waals surface area (Å²) in [6.07, 6.45) is 3.84. The molecule has 1 aromatic carbocycles. The highest BCUT2D eigenvalue weighted by molar-refractivity contribution is 5.99. The molecule has 0 unspecified atom stereocenters. The van der Waals surface area contributed by atoms with Gasteiger partial charge in [-0.15, -0.1) is 0 Å². The summed E-state index contributed by atoms with van der Waals surface area (Å²) >= 11 is 0. The van der Waals surface area contributed by atoms with Crippen molar-refractivity contribution in [3.05, 3.63) is 42.5 Å². The smallest absolute Gasteiger partial charge is 0.253 e. The predicted octanol–water partition coefficient (Wildman–Crippen LogP) is 2.22. The molecule has 2 amide bonds. The summed E-state index contributed by atoms with van der Waals surface area (Å²) in [5.41, 5.74) is 1.12. The largest absolute Gasteiger partial charge is 0.381 e. The molecule has 3 rings (SSSR count). The number of rotatable bonds is 3. The van der Waals surface area contributed by atoms with Crippen molar-refractivity contribution in [1.82, 2.24) is 4.90 Å². The molecule has 0 atom stereocenters. The molecule has 1 aromatic rings. The van der Waals surface area contributed by atoms with Gasteiger partial charge in [0.05, 0.1) is 12.2 Å². The molecule has 0 saturated carbocycles. The quantitative estimate of drug-likeness (QED) is 0.854. The van der Waals surface area contributed by atoms with Crippen LogP contribution >= 0.6 is 0 Å². The van der Waals surface area contributed by atoms with E-state index in [1.54, 1.807) is 24.3 Å². The Morgan fingerprint density at radius 3 is 2.48 bits per heavy atom. The van der Waals surface area contributed by atoms with Crippen molar-refractivity contribution >= 4 is 17.5 Å². The number of hydrogen-bond donors (Lipinski definition) is 1. The third-order valence-corrected chi connectivity index (χ3v) is 4.88. The van der Waals surface area contributed by atoms with Crippen molar-refractivity contribution in [2.75, 3.05) is 38.2 Å². The highest BCUT2D eigenvalue weighted by Crippen LogP contribution is 2.31. The lowest BCUT2D eigenvalue weighted by atomic mass is 9.90. The molecule has 6 heteroatoms. The maximum atomic E-state index is 12.8. The molecule has 1 N–H and O–H groups in total. The summed E-state index contributed by atoms with van der Waals surface area (Å²) in [4.78, 5) is 25.9. The van der Waals surface area contributed by atoms with Crippen molar-refractivity contribution in [1.29, 1.82) is 0 Å². The first-order chi connectivity index (χ1) is 12.1. The standard InChI is InChI=1S/C19H24N2O4/c1-2-17(22)20-16-5-3-15(4-6-16)18(23)21-10-7-19(25-14-11-21)8-12-24-13-9-19/h2-6H,1,7-14H2,(H,20,22). The van der Waals surface area contributed by atoms with E-state index in [4.69, 9.17) is 9.47 Å². The minimum atomic E-state index is -0.273. The van der Waals surface area contributed by atoms with Crippen molar-refractivity contribution in [2.45, 2.75) is 24.9 Å². The zero-order valence-corrected chi connectivity index (χ0v) is 14.3. The van der Waals surface area contributed by atoms with E-state index in [-0.39, 0.29) is 17.4 Å². The van der Waals surface area contributed by atoms with Gasteiger partial charge < -0.3 is 19.7 Å². The van der Waals surface area contributed by atoms with Crippen LogP contribution in [0.5, 0.6) is 0 Å². The molecule has 2 saturated heterocycles. The average molecular weight is 344 g/mol. The van der Waals surface area contributed by atoms with E-state index in [0.29, 0.717) is 30.9 Å². The maximum Gasteiger partial charge on any atom is 0.253 e. The van der Waals surface area contributed by atoms with E-state index in [9.17, 15) is 9.59 Å². The van der Waals surface area contributed by atoms with Crippen LogP contribution in [0.25, 0.3) is 0 Å². The van der Waals surface area contributed by atoms with E-state index in [1.165, 1.54) is 6.08 Å². The first kappa shape index (κ1) is 17.6. The molecular formula is C19H24N2O4. The summed E-state index contributed by atoms with van der Waals surface area (Å²) in [6, 6.07) is 6.92. The fourth-order valence-electron chi connectivity index (χ4n) is 3.31. The van der Waals surface area contributed by atoms with E-state index in [1.807, 2.05) is 4.90 Å². The van der Waals surface area contributed by atoms with Gasteiger partial charge in [-0.1, -0.05) is 6.58 Å². The Balaban J connectivity index is 1.62. The normalized spacial score (nSPS) is 19.9. The van der Waals surface area contributed by atoms with Crippen molar-refractivity contribution in [3.8, 4) is 0 Å². The summed E-state index contributed by atoms with van der Waals surface area (Å²) in [6.45, 7) is 6.71. The van der Waals surface area contributed by atoms with Crippen LogP contribution in [0, 0.1) is 0 Å². The van der Waals surface area contributed by atoms with E-state index < -0.39 is 0 Å². The molecule has 134 valence electrons. The van der Waals surface area contributed by atoms with Gasteiger partial charge in [0.25, 0.3) is 5.91 Å². The summed E-state index contributed by atoms with van der Waals surface area (Å²) in [5.74, 6) is -0.278. The summed E-state index contributed by atoms with van der Waals surface area (Å²) in [7, 11) is 0. The summed E-state index contributed by atoms with van der Waals surface area (Å²) < 4.78 is 11.5. The number of amides is 2. The molecule has 6 nitrogen and oxygen atoms in total. The van der Waals surface area contributed by atoms with Crippen LogP contribution in [0.15, 0.2) is 36.9 Å².